The van der Waals surface area contributed by atoms with Crippen LogP contribution in [0.1, 0.15) is 15.9 Å². The maximum absolute atomic E-state index is 12.6. The number of aromatic nitrogens is 3. The van der Waals surface area contributed by atoms with Gasteiger partial charge in [-0.15, -0.1) is 0 Å². The van der Waals surface area contributed by atoms with Gasteiger partial charge < -0.3 is 15.5 Å². The normalized spacial score (nSPS) is 14.4. The quantitative estimate of drug-likeness (QED) is 0.693. The molecule has 1 aliphatic rings. The molecule has 143 valence electrons. The van der Waals surface area contributed by atoms with Crippen LogP contribution in [-0.4, -0.2) is 58.1 Å². The SMILES string of the molecule is NC(=O)c1cc(C[CH]C(=O)N2CCN(c3ccncc3)CC2)cc2cn[nH]c12. The van der Waals surface area contributed by atoms with Crippen LogP contribution in [0.5, 0.6) is 0 Å². The highest BCUT2D eigenvalue weighted by Gasteiger charge is 2.21. The van der Waals surface area contributed by atoms with Crippen molar-refractivity contribution < 1.29 is 9.59 Å². The number of anilines is 1. The molecule has 3 heterocycles. The van der Waals surface area contributed by atoms with E-state index in [0.717, 1.165) is 29.7 Å². The number of carbonyl (C=O) groups is 2. The molecular weight excluding hydrogens is 356 g/mol. The number of hydrogen-bond acceptors (Lipinski definition) is 5. The van der Waals surface area contributed by atoms with Gasteiger partial charge in [0.15, 0.2) is 0 Å². The van der Waals surface area contributed by atoms with E-state index in [-0.39, 0.29) is 5.91 Å². The number of nitrogens with one attached hydrogen (secondary N) is 1. The summed E-state index contributed by atoms with van der Waals surface area (Å²) >= 11 is 0. The van der Waals surface area contributed by atoms with E-state index in [1.807, 2.05) is 23.1 Å². The molecule has 28 heavy (non-hydrogen) atoms. The molecule has 0 atom stereocenters. The lowest BCUT2D eigenvalue weighted by Gasteiger charge is -2.36. The molecule has 1 aliphatic heterocycles. The van der Waals surface area contributed by atoms with E-state index in [1.54, 1.807) is 31.1 Å². The Kier molecular flexibility index (Phi) is 4.92. The van der Waals surface area contributed by atoms with E-state index in [9.17, 15) is 9.59 Å². The van der Waals surface area contributed by atoms with Gasteiger partial charge in [0.1, 0.15) is 0 Å². The molecule has 8 heteroatoms. The highest BCUT2D eigenvalue weighted by Crippen LogP contribution is 2.20. The van der Waals surface area contributed by atoms with Crippen LogP contribution in [0.3, 0.4) is 0 Å². The predicted octanol–water partition coefficient (Wildman–Crippen LogP) is 1.15. The number of aromatic amines is 1. The minimum atomic E-state index is -0.519. The Labute approximate surface area is 162 Å². The number of primary amides is 1. The zero-order valence-corrected chi connectivity index (χ0v) is 15.3. The van der Waals surface area contributed by atoms with E-state index in [4.69, 9.17) is 5.73 Å². The minimum Gasteiger partial charge on any atom is -0.368 e. The average Bonchev–Trinajstić information content (AvgIpc) is 3.20. The summed E-state index contributed by atoms with van der Waals surface area (Å²) in [5, 5.41) is 7.55. The maximum atomic E-state index is 12.6. The Balaban J connectivity index is 1.36. The summed E-state index contributed by atoms with van der Waals surface area (Å²) in [4.78, 5) is 32.4. The fourth-order valence-electron chi connectivity index (χ4n) is 3.51. The first-order chi connectivity index (χ1) is 13.6. The van der Waals surface area contributed by atoms with Crippen molar-refractivity contribution in [3.05, 3.63) is 60.4 Å². The lowest BCUT2D eigenvalue weighted by atomic mass is 10.0. The van der Waals surface area contributed by atoms with Crippen LogP contribution in [0.15, 0.2) is 42.9 Å². The predicted molar refractivity (Wildman–Crippen MR) is 106 cm³/mol. The molecular formula is C20H21N6O2. The van der Waals surface area contributed by atoms with Crippen molar-refractivity contribution in [3.63, 3.8) is 0 Å². The van der Waals surface area contributed by atoms with E-state index in [2.05, 4.69) is 20.1 Å². The van der Waals surface area contributed by atoms with Gasteiger partial charge in [-0.05, 0) is 36.2 Å². The fourth-order valence-corrected chi connectivity index (χ4v) is 3.51. The van der Waals surface area contributed by atoms with Crippen molar-refractivity contribution in [1.29, 1.82) is 0 Å². The van der Waals surface area contributed by atoms with Gasteiger partial charge in [-0.3, -0.25) is 19.7 Å². The maximum Gasteiger partial charge on any atom is 0.250 e. The second kappa shape index (κ2) is 7.67. The molecule has 8 nitrogen and oxygen atoms in total. The van der Waals surface area contributed by atoms with Crippen molar-refractivity contribution in [1.82, 2.24) is 20.1 Å². The minimum absolute atomic E-state index is 0.00212. The number of rotatable bonds is 5. The number of nitrogens with two attached hydrogens (primary N) is 1. The summed E-state index contributed by atoms with van der Waals surface area (Å²) in [6.07, 6.45) is 7.29. The van der Waals surface area contributed by atoms with Crippen LogP contribution in [0.4, 0.5) is 5.69 Å². The third-order valence-corrected chi connectivity index (χ3v) is 5.01. The Morgan fingerprint density at radius 1 is 1.14 bits per heavy atom. The molecule has 1 saturated heterocycles. The molecule has 2 amide bonds. The molecule has 1 aromatic carbocycles. The van der Waals surface area contributed by atoms with E-state index in [0.29, 0.717) is 30.6 Å². The van der Waals surface area contributed by atoms with Crippen molar-refractivity contribution in [2.24, 2.45) is 5.73 Å². The molecule has 0 bridgehead atoms. The lowest BCUT2D eigenvalue weighted by Crippen LogP contribution is -2.49. The number of nitrogens with zero attached hydrogens (tertiary/aromatic N) is 4. The van der Waals surface area contributed by atoms with Gasteiger partial charge in [0.2, 0.25) is 5.91 Å². The van der Waals surface area contributed by atoms with Crippen molar-refractivity contribution in [3.8, 4) is 0 Å². The summed E-state index contributed by atoms with van der Waals surface area (Å²) in [7, 11) is 0. The van der Waals surface area contributed by atoms with Gasteiger partial charge in [0.05, 0.1) is 23.7 Å². The third kappa shape index (κ3) is 3.66. The molecule has 0 unspecified atom stereocenters. The Hall–Kier alpha value is -3.42. The van der Waals surface area contributed by atoms with E-state index < -0.39 is 5.91 Å². The monoisotopic (exact) mass is 377 g/mol. The molecule has 4 rings (SSSR count). The van der Waals surface area contributed by atoms with Crippen LogP contribution >= 0.6 is 0 Å². The van der Waals surface area contributed by atoms with Crippen LogP contribution < -0.4 is 10.6 Å². The Bertz CT molecular complexity index is 992. The number of pyridine rings is 1. The number of piperazine rings is 1. The van der Waals surface area contributed by atoms with Gasteiger partial charge in [-0.25, -0.2) is 0 Å². The van der Waals surface area contributed by atoms with Gasteiger partial charge >= 0.3 is 0 Å². The zero-order chi connectivity index (χ0) is 19.5. The first kappa shape index (κ1) is 18.0. The molecule has 3 aromatic rings. The number of benzene rings is 1. The van der Waals surface area contributed by atoms with E-state index in [1.165, 1.54) is 0 Å². The average molecular weight is 377 g/mol. The van der Waals surface area contributed by atoms with Crippen LogP contribution in [0.2, 0.25) is 0 Å². The highest BCUT2D eigenvalue weighted by atomic mass is 16.2. The molecule has 2 aromatic heterocycles. The topological polar surface area (TPSA) is 108 Å². The Morgan fingerprint density at radius 2 is 1.89 bits per heavy atom. The first-order valence-electron chi connectivity index (χ1n) is 9.15. The second-order valence-electron chi connectivity index (χ2n) is 6.77. The standard InChI is InChI=1S/C20H21N6O2/c21-20(28)17-12-14(11-15-13-23-24-19(15)17)1-2-18(27)26-9-7-25(8-10-26)16-3-5-22-6-4-16/h2-6,11-13H,1,7-10H2,(H2,21,28)(H,23,24). The summed E-state index contributed by atoms with van der Waals surface area (Å²) < 4.78 is 0. The van der Waals surface area contributed by atoms with Gasteiger partial charge in [0, 0.05) is 49.6 Å². The number of carbonyl (C=O) groups excluding carboxylic acids is 2. The van der Waals surface area contributed by atoms with Crippen molar-refractivity contribution in [2.75, 3.05) is 31.1 Å². The number of hydrogen-bond donors (Lipinski definition) is 2. The zero-order valence-electron chi connectivity index (χ0n) is 15.3. The Morgan fingerprint density at radius 3 is 2.61 bits per heavy atom. The van der Waals surface area contributed by atoms with Crippen LogP contribution in [0.25, 0.3) is 10.9 Å². The second-order valence-corrected chi connectivity index (χ2v) is 6.77. The molecule has 1 fully saturated rings. The van der Waals surface area contributed by atoms with Crippen molar-refractivity contribution >= 4 is 28.4 Å². The van der Waals surface area contributed by atoms with E-state index >= 15 is 0 Å². The van der Waals surface area contributed by atoms with Gasteiger partial charge in [-0.2, -0.15) is 5.10 Å². The number of H-pyrrole nitrogens is 1. The molecule has 3 N–H and O–H groups in total. The summed E-state index contributed by atoms with van der Waals surface area (Å²) in [5.41, 5.74) is 8.44. The lowest BCUT2D eigenvalue weighted by molar-refractivity contribution is -0.127. The molecule has 0 spiro atoms. The number of amides is 2. The van der Waals surface area contributed by atoms with Gasteiger partial charge in [-0.1, -0.05) is 0 Å². The highest BCUT2D eigenvalue weighted by molar-refractivity contribution is 6.05. The summed E-state index contributed by atoms with van der Waals surface area (Å²) in [6, 6.07) is 7.59. The van der Waals surface area contributed by atoms with Gasteiger partial charge in [0.25, 0.3) is 5.91 Å². The molecule has 0 aliphatic carbocycles. The van der Waals surface area contributed by atoms with Crippen LogP contribution in [0, 0.1) is 6.42 Å². The third-order valence-electron chi connectivity index (χ3n) is 5.01. The molecule has 0 saturated carbocycles. The first-order valence-corrected chi connectivity index (χ1v) is 9.15. The molecule has 1 radical (unpaired) electrons. The van der Waals surface area contributed by atoms with Crippen LogP contribution in [-0.2, 0) is 11.2 Å². The summed E-state index contributed by atoms with van der Waals surface area (Å²) in [5.74, 6) is -0.517. The number of fused-ring (bicyclic) bond motifs is 1. The van der Waals surface area contributed by atoms with Crippen molar-refractivity contribution in [2.45, 2.75) is 6.42 Å². The largest absolute Gasteiger partial charge is 0.368 e. The fraction of sp³-hybridized carbons (Fsp3) is 0.250. The summed E-state index contributed by atoms with van der Waals surface area (Å²) in [6.45, 7) is 2.92. The smallest absolute Gasteiger partial charge is 0.250 e.